The van der Waals surface area contributed by atoms with E-state index in [-0.39, 0.29) is 37.2 Å². The van der Waals surface area contributed by atoms with Gasteiger partial charge < -0.3 is 14.9 Å². The first-order valence-electron chi connectivity index (χ1n) is 9.88. The lowest BCUT2D eigenvalue weighted by Gasteiger charge is -2.63. The number of hydrogen-bond donors (Lipinski definition) is 2. The Morgan fingerprint density at radius 1 is 1.39 bits per heavy atom. The van der Waals surface area contributed by atoms with E-state index in [1.807, 2.05) is 6.07 Å². The van der Waals surface area contributed by atoms with Crippen molar-refractivity contribution in [1.29, 1.82) is 5.26 Å². The zero-order chi connectivity index (χ0) is 23.6. The Morgan fingerprint density at radius 2 is 2.03 bits per heavy atom. The van der Waals surface area contributed by atoms with Gasteiger partial charge in [-0.05, 0) is 25.8 Å². The molecule has 10 heteroatoms. The summed E-state index contributed by atoms with van der Waals surface area (Å²) < 4.78 is 5.71. The lowest BCUT2D eigenvalue weighted by atomic mass is 9.47. The molecule has 1 aliphatic rings. The minimum Gasteiger partial charge on any atom is -0.481 e. The number of likely N-dealkylation sites (tertiary alicyclic amines) is 1. The number of ether oxygens (including phenoxy) is 1. The maximum absolute atomic E-state index is 12.9. The molecular formula is C21H27N3O7. The van der Waals surface area contributed by atoms with Crippen LogP contribution in [0.4, 0.5) is 5.69 Å². The van der Waals surface area contributed by atoms with Crippen LogP contribution in [0.2, 0.25) is 0 Å². The predicted octanol–water partition coefficient (Wildman–Crippen LogP) is 2.42. The fourth-order valence-corrected chi connectivity index (χ4v) is 5.49. The van der Waals surface area contributed by atoms with Gasteiger partial charge in [0.05, 0.1) is 21.8 Å². The molecule has 0 bridgehead atoms. The predicted molar refractivity (Wildman–Crippen MR) is 109 cm³/mol. The number of piperidine rings is 1. The topological polar surface area (TPSA) is 154 Å². The summed E-state index contributed by atoms with van der Waals surface area (Å²) in [5.41, 5.74) is -5.47. The first kappa shape index (κ1) is 24.2. The third-order valence-electron chi connectivity index (χ3n) is 6.93. The Bertz CT molecular complexity index is 930. The number of carboxylic acid groups (broad SMARTS) is 2. The number of nitrogens with zero attached hydrogens (tertiary/aromatic N) is 3. The highest BCUT2D eigenvalue weighted by Gasteiger charge is 2.74. The third kappa shape index (κ3) is 3.25. The van der Waals surface area contributed by atoms with Crippen LogP contribution in [0.25, 0.3) is 0 Å². The smallest absolute Gasteiger partial charge is 0.338 e. The summed E-state index contributed by atoms with van der Waals surface area (Å²) in [6.07, 6.45) is 0.114. The molecule has 1 fully saturated rings. The second-order valence-corrected chi connectivity index (χ2v) is 8.00. The average Bonchev–Trinajstić information content (AvgIpc) is 2.73. The van der Waals surface area contributed by atoms with Gasteiger partial charge in [-0.15, -0.1) is 0 Å². The lowest BCUT2D eigenvalue weighted by Crippen LogP contribution is -2.79. The third-order valence-corrected chi connectivity index (χ3v) is 6.93. The van der Waals surface area contributed by atoms with E-state index in [0.717, 1.165) is 0 Å². The summed E-state index contributed by atoms with van der Waals surface area (Å²) >= 11 is 0. The molecule has 0 spiro atoms. The van der Waals surface area contributed by atoms with Gasteiger partial charge in [0.2, 0.25) is 0 Å². The Hall–Kier alpha value is -3.03. The monoisotopic (exact) mass is 433 g/mol. The first-order chi connectivity index (χ1) is 14.5. The van der Waals surface area contributed by atoms with Crippen molar-refractivity contribution in [3.05, 3.63) is 39.9 Å². The Balaban J connectivity index is 2.99. The van der Waals surface area contributed by atoms with Crippen LogP contribution in [-0.2, 0) is 19.7 Å². The molecule has 2 N–H and O–H groups in total. The fourth-order valence-electron chi connectivity index (χ4n) is 5.49. The molecule has 10 nitrogen and oxygen atoms in total. The summed E-state index contributed by atoms with van der Waals surface area (Å²) in [7, 11) is 1.21. The summed E-state index contributed by atoms with van der Waals surface area (Å²) in [6, 6.07) is 6.62. The SMILES string of the molecule is CCC1(c2cccc([N+](=O)[O-])c2)C(C)(C(=O)O)CN(CCC#N)C(C)C1(OC)C(=O)O. The highest BCUT2D eigenvalue weighted by molar-refractivity contribution is 5.87. The summed E-state index contributed by atoms with van der Waals surface area (Å²) in [5, 5.41) is 41.3. The second-order valence-electron chi connectivity index (χ2n) is 8.00. The minimum absolute atomic E-state index is 0.0353. The molecular weight excluding hydrogens is 406 g/mol. The molecule has 168 valence electrons. The molecule has 4 unspecified atom stereocenters. The molecule has 2 rings (SSSR count). The molecule has 0 amide bonds. The number of non-ortho nitro benzene ring substituents is 1. The Morgan fingerprint density at radius 3 is 2.48 bits per heavy atom. The highest BCUT2D eigenvalue weighted by Crippen LogP contribution is 2.59. The molecule has 0 aliphatic carbocycles. The molecule has 4 atom stereocenters. The molecule has 1 saturated heterocycles. The average molecular weight is 433 g/mol. The van der Waals surface area contributed by atoms with Crippen LogP contribution >= 0.6 is 0 Å². The zero-order valence-electron chi connectivity index (χ0n) is 18.0. The number of benzene rings is 1. The van der Waals surface area contributed by atoms with E-state index in [9.17, 15) is 29.9 Å². The largest absolute Gasteiger partial charge is 0.481 e. The first-order valence-corrected chi connectivity index (χ1v) is 9.88. The van der Waals surface area contributed by atoms with Crippen molar-refractivity contribution in [1.82, 2.24) is 4.90 Å². The van der Waals surface area contributed by atoms with Gasteiger partial charge in [0.15, 0.2) is 5.60 Å². The van der Waals surface area contributed by atoms with Crippen LogP contribution in [0.3, 0.4) is 0 Å². The van der Waals surface area contributed by atoms with Crippen molar-refractivity contribution in [3.8, 4) is 6.07 Å². The van der Waals surface area contributed by atoms with Crippen LogP contribution in [-0.4, -0.2) is 63.8 Å². The molecule has 0 radical (unpaired) electrons. The van der Waals surface area contributed by atoms with Crippen molar-refractivity contribution in [2.45, 2.75) is 50.7 Å². The van der Waals surface area contributed by atoms with Gasteiger partial charge in [-0.2, -0.15) is 5.26 Å². The molecule has 1 aromatic carbocycles. The van der Waals surface area contributed by atoms with E-state index in [0.29, 0.717) is 0 Å². The number of nitro groups is 1. The maximum atomic E-state index is 12.9. The number of rotatable bonds is 8. The molecule has 1 aliphatic heterocycles. The molecule has 31 heavy (non-hydrogen) atoms. The van der Waals surface area contributed by atoms with Crippen molar-refractivity contribution < 1.29 is 29.5 Å². The molecule has 0 saturated carbocycles. The lowest BCUT2D eigenvalue weighted by molar-refractivity contribution is -0.385. The zero-order valence-corrected chi connectivity index (χ0v) is 18.0. The van der Waals surface area contributed by atoms with Crippen LogP contribution in [0, 0.1) is 26.9 Å². The van der Waals surface area contributed by atoms with Crippen molar-refractivity contribution in [2.24, 2.45) is 5.41 Å². The quantitative estimate of drug-likeness (QED) is 0.464. The van der Waals surface area contributed by atoms with E-state index >= 15 is 0 Å². The van der Waals surface area contributed by atoms with E-state index in [4.69, 9.17) is 10.00 Å². The summed E-state index contributed by atoms with van der Waals surface area (Å²) in [6.45, 7) is 4.83. The number of nitro benzene ring substituents is 1. The van der Waals surface area contributed by atoms with E-state index in [1.165, 1.54) is 38.3 Å². The number of carbonyl (C=O) groups is 2. The summed E-state index contributed by atoms with van der Waals surface area (Å²) in [5.74, 6) is -2.62. The standard InChI is InChI=1S/C21H27N3O7/c1-5-20(15-8-6-9-16(12-15)24(29)30)19(3,17(25)26)13-23(11-7-10-22)14(2)21(20,31-4)18(27)28/h6,8-9,12,14H,5,7,11,13H2,1-4H3,(H,25,26)(H,27,28). The van der Waals surface area contributed by atoms with Crippen LogP contribution in [0.5, 0.6) is 0 Å². The van der Waals surface area contributed by atoms with E-state index < -0.39 is 39.3 Å². The van der Waals surface area contributed by atoms with Gasteiger partial charge in [0, 0.05) is 44.8 Å². The summed E-state index contributed by atoms with van der Waals surface area (Å²) in [4.78, 5) is 38.1. The van der Waals surface area contributed by atoms with E-state index in [2.05, 4.69) is 0 Å². The molecule has 1 heterocycles. The normalized spacial score (nSPS) is 31.0. The molecule has 0 aromatic heterocycles. The van der Waals surface area contributed by atoms with Crippen molar-refractivity contribution in [3.63, 3.8) is 0 Å². The fraction of sp³-hybridized carbons (Fsp3) is 0.571. The van der Waals surface area contributed by atoms with Gasteiger partial charge in [0.1, 0.15) is 0 Å². The minimum atomic E-state index is -2.06. The van der Waals surface area contributed by atoms with Crippen LogP contribution in [0.1, 0.15) is 39.2 Å². The van der Waals surface area contributed by atoms with Gasteiger partial charge in [-0.3, -0.25) is 19.8 Å². The number of aliphatic carboxylic acids is 2. The van der Waals surface area contributed by atoms with Gasteiger partial charge in [-0.25, -0.2) is 4.79 Å². The second kappa shape index (κ2) is 8.61. The maximum Gasteiger partial charge on any atom is 0.338 e. The van der Waals surface area contributed by atoms with Crippen LogP contribution in [0.15, 0.2) is 24.3 Å². The van der Waals surface area contributed by atoms with Gasteiger partial charge in [0.25, 0.3) is 5.69 Å². The van der Waals surface area contributed by atoms with Crippen molar-refractivity contribution >= 4 is 17.6 Å². The number of nitriles is 1. The van der Waals surface area contributed by atoms with Crippen molar-refractivity contribution in [2.75, 3.05) is 20.2 Å². The van der Waals surface area contributed by atoms with Gasteiger partial charge >= 0.3 is 11.9 Å². The number of methoxy groups -OCH3 is 1. The van der Waals surface area contributed by atoms with Crippen LogP contribution < -0.4 is 0 Å². The Labute approximate surface area is 180 Å². The Kier molecular flexibility index (Phi) is 6.73. The van der Waals surface area contributed by atoms with E-state index in [1.54, 1.807) is 18.7 Å². The van der Waals surface area contributed by atoms with Gasteiger partial charge in [-0.1, -0.05) is 19.1 Å². The number of carboxylic acids is 2. The number of hydrogen-bond acceptors (Lipinski definition) is 7. The highest BCUT2D eigenvalue weighted by atomic mass is 16.6. The molecule has 1 aromatic rings.